The third-order valence-corrected chi connectivity index (χ3v) is 4.21. The van der Waals surface area contributed by atoms with Crippen molar-refractivity contribution in [3.63, 3.8) is 0 Å². The van der Waals surface area contributed by atoms with Gasteiger partial charge in [0.25, 0.3) is 5.91 Å². The molecule has 2 aromatic carbocycles. The van der Waals surface area contributed by atoms with E-state index in [1.165, 1.54) is 6.07 Å². The highest BCUT2D eigenvalue weighted by Gasteiger charge is 2.33. The lowest BCUT2D eigenvalue weighted by Crippen LogP contribution is -2.26. The molecule has 0 unspecified atom stereocenters. The van der Waals surface area contributed by atoms with E-state index in [4.69, 9.17) is 9.84 Å². The molecule has 5 nitrogen and oxygen atoms in total. The second-order valence-corrected chi connectivity index (χ2v) is 6.16. The van der Waals surface area contributed by atoms with Gasteiger partial charge >= 0.3 is 12.1 Å². The molecule has 0 radical (unpaired) electrons. The van der Waals surface area contributed by atoms with Crippen LogP contribution in [0.4, 0.5) is 13.2 Å². The van der Waals surface area contributed by atoms with Gasteiger partial charge in [-0.2, -0.15) is 13.2 Å². The van der Waals surface area contributed by atoms with Crippen LogP contribution in [0.15, 0.2) is 42.5 Å². The Bertz CT molecular complexity index is 879. The van der Waals surface area contributed by atoms with Gasteiger partial charge in [0.2, 0.25) is 0 Å². The number of carbonyl (C=O) groups is 2. The fourth-order valence-electron chi connectivity index (χ4n) is 2.88. The molecule has 0 saturated heterocycles. The number of aliphatic carboxylic acids is 1. The van der Waals surface area contributed by atoms with Gasteiger partial charge in [-0.1, -0.05) is 12.1 Å². The first kappa shape index (κ1) is 18.8. The van der Waals surface area contributed by atoms with Crippen molar-refractivity contribution >= 4 is 11.9 Å². The maximum Gasteiger partial charge on any atom is 0.416 e. The largest absolute Gasteiger partial charge is 0.485 e. The second-order valence-electron chi connectivity index (χ2n) is 6.16. The van der Waals surface area contributed by atoms with Crippen LogP contribution in [0.2, 0.25) is 0 Å². The first-order valence-corrected chi connectivity index (χ1v) is 8.21. The van der Waals surface area contributed by atoms with Gasteiger partial charge in [-0.15, -0.1) is 0 Å². The molecular formula is C19H16F3NO4. The topological polar surface area (TPSA) is 75.6 Å². The molecule has 1 heterocycles. The highest BCUT2D eigenvalue weighted by Crippen LogP contribution is 2.40. The van der Waals surface area contributed by atoms with Gasteiger partial charge in [-0.05, 0) is 41.5 Å². The number of carboxylic acids is 1. The summed E-state index contributed by atoms with van der Waals surface area (Å²) in [7, 11) is 0. The molecule has 0 aromatic heterocycles. The van der Waals surface area contributed by atoms with Crippen LogP contribution < -0.4 is 10.1 Å². The minimum absolute atomic E-state index is 0.00395. The van der Waals surface area contributed by atoms with E-state index >= 15 is 0 Å². The monoisotopic (exact) mass is 379 g/mol. The van der Waals surface area contributed by atoms with Crippen LogP contribution in [0, 0.1) is 0 Å². The SMILES string of the molecule is O=C(O)CCNC(=O)c1cccc([C@@H]2Cc3cc(C(F)(F)F)ccc3O2)c1. The van der Waals surface area contributed by atoms with Gasteiger partial charge < -0.3 is 15.2 Å². The minimum Gasteiger partial charge on any atom is -0.485 e. The lowest BCUT2D eigenvalue weighted by atomic mass is 10.0. The van der Waals surface area contributed by atoms with Crippen molar-refractivity contribution in [2.24, 2.45) is 0 Å². The van der Waals surface area contributed by atoms with Crippen molar-refractivity contribution in [3.05, 3.63) is 64.7 Å². The van der Waals surface area contributed by atoms with E-state index in [2.05, 4.69) is 5.32 Å². The molecule has 1 aliphatic rings. The molecule has 27 heavy (non-hydrogen) atoms. The van der Waals surface area contributed by atoms with E-state index in [9.17, 15) is 22.8 Å². The molecule has 2 N–H and O–H groups in total. The summed E-state index contributed by atoms with van der Waals surface area (Å²) in [4.78, 5) is 22.6. The third kappa shape index (κ3) is 4.39. The molecule has 2 aromatic rings. The second kappa shape index (κ2) is 7.30. The zero-order valence-electron chi connectivity index (χ0n) is 14.0. The molecule has 0 aliphatic carbocycles. The van der Waals surface area contributed by atoms with E-state index in [-0.39, 0.29) is 19.4 Å². The summed E-state index contributed by atoms with van der Waals surface area (Å²) >= 11 is 0. The predicted molar refractivity (Wildman–Crippen MR) is 89.5 cm³/mol. The van der Waals surface area contributed by atoms with Gasteiger partial charge in [0.1, 0.15) is 11.9 Å². The van der Waals surface area contributed by atoms with Crippen LogP contribution in [0.25, 0.3) is 0 Å². The maximum absolute atomic E-state index is 12.8. The molecule has 1 atom stereocenters. The summed E-state index contributed by atoms with van der Waals surface area (Å²) in [6.45, 7) is 0.00395. The van der Waals surface area contributed by atoms with Crippen LogP contribution in [0.1, 0.15) is 39.6 Å². The molecule has 1 amide bonds. The van der Waals surface area contributed by atoms with Crippen molar-refractivity contribution in [2.75, 3.05) is 6.54 Å². The van der Waals surface area contributed by atoms with Gasteiger partial charge in [-0.3, -0.25) is 9.59 Å². The van der Waals surface area contributed by atoms with Crippen molar-refractivity contribution in [1.29, 1.82) is 0 Å². The van der Waals surface area contributed by atoms with Crippen molar-refractivity contribution in [3.8, 4) is 5.75 Å². The number of benzene rings is 2. The fraction of sp³-hybridized carbons (Fsp3) is 0.263. The van der Waals surface area contributed by atoms with E-state index in [1.54, 1.807) is 24.3 Å². The van der Waals surface area contributed by atoms with Gasteiger partial charge in [0, 0.05) is 18.5 Å². The number of carboxylic acid groups (broad SMARTS) is 1. The van der Waals surface area contributed by atoms with Crippen LogP contribution in [0.3, 0.4) is 0 Å². The van der Waals surface area contributed by atoms with Gasteiger partial charge in [0.05, 0.1) is 12.0 Å². The number of hydrogen-bond donors (Lipinski definition) is 2. The molecule has 3 rings (SSSR count). The fourth-order valence-corrected chi connectivity index (χ4v) is 2.88. The molecule has 0 bridgehead atoms. The van der Waals surface area contributed by atoms with Crippen molar-refractivity contribution < 1.29 is 32.6 Å². The van der Waals surface area contributed by atoms with Crippen molar-refractivity contribution in [2.45, 2.75) is 25.1 Å². The first-order chi connectivity index (χ1) is 12.7. The summed E-state index contributed by atoms with van der Waals surface area (Å²) in [5.41, 5.74) is 0.724. The average molecular weight is 379 g/mol. The molecule has 1 aliphatic heterocycles. The smallest absolute Gasteiger partial charge is 0.416 e. The van der Waals surface area contributed by atoms with E-state index in [0.717, 1.165) is 12.1 Å². The number of halogens is 3. The Labute approximate surface area is 152 Å². The summed E-state index contributed by atoms with van der Waals surface area (Å²) in [5.74, 6) is -1.04. The van der Waals surface area contributed by atoms with Crippen LogP contribution >= 0.6 is 0 Å². The summed E-state index contributed by atoms with van der Waals surface area (Å²) in [6.07, 6.45) is -4.83. The molecule has 142 valence electrons. The Morgan fingerprint density at radius 3 is 2.67 bits per heavy atom. The molecule has 0 fully saturated rings. The summed E-state index contributed by atoms with van der Waals surface area (Å²) < 4.78 is 44.3. The average Bonchev–Trinajstić information content (AvgIpc) is 3.04. The zero-order chi connectivity index (χ0) is 19.6. The van der Waals surface area contributed by atoms with E-state index < -0.39 is 29.7 Å². The molecule has 8 heteroatoms. The number of ether oxygens (including phenoxy) is 1. The Morgan fingerprint density at radius 2 is 1.96 bits per heavy atom. The standard InChI is InChI=1S/C19H16F3NO4/c20-19(21,22)14-4-5-15-13(9-14)10-16(27-15)11-2-1-3-12(8-11)18(26)23-7-6-17(24)25/h1-5,8-9,16H,6-7,10H2,(H,23,26)(H,24,25)/t16-/m0/s1. The first-order valence-electron chi connectivity index (χ1n) is 8.21. The highest BCUT2D eigenvalue weighted by atomic mass is 19.4. The summed E-state index contributed by atoms with van der Waals surface area (Å²) in [6, 6.07) is 9.91. The predicted octanol–water partition coefficient (Wildman–Crippen LogP) is 3.59. The maximum atomic E-state index is 12.8. The number of fused-ring (bicyclic) bond motifs is 1. The Kier molecular flexibility index (Phi) is 5.07. The van der Waals surface area contributed by atoms with Crippen molar-refractivity contribution in [1.82, 2.24) is 5.32 Å². The Hall–Kier alpha value is -3.03. The van der Waals surface area contributed by atoms with Crippen LogP contribution in [0.5, 0.6) is 5.75 Å². The lowest BCUT2D eigenvalue weighted by molar-refractivity contribution is -0.138. The molecule has 0 saturated carbocycles. The number of hydrogen-bond acceptors (Lipinski definition) is 3. The number of alkyl halides is 3. The number of nitrogens with one attached hydrogen (secondary N) is 1. The number of amides is 1. The van der Waals surface area contributed by atoms with Crippen LogP contribution in [-0.2, 0) is 17.4 Å². The third-order valence-electron chi connectivity index (χ3n) is 4.21. The minimum atomic E-state index is -4.42. The normalized spacial score (nSPS) is 15.7. The lowest BCUT2D eigenvalue weighted by Gasteiger charge is -2.12. The molecule has 0 spiro atoms. The summed E-state index contributed by atoms with van der Waals surface area (Å²) in [5, 5.41) is 11.1. The van der Waals surface area contributed by atoms with Gasteiger partial charge in [-0.25, -0.2) is 0 Å². The highest BCUT2D eigenvalue weighted by molar-refractivity contribution is 5.94. The number of rotatable bonds is 5. The Morgan fingerprint density at radius 1 is 1.19 bits per heavy atom. The Balaban J connectivity index is 1.72. The molecular weight excluding hydrogens is 363 g/mol. The van der Waals surface area contributed by atoms with E-state index in [1.807, 2.05) is 0 Å². The quantitative estimate of drug-likeness (QED) is 0.833. The zero-order valence-corrected chi connectivity index (χ0v) is 14.0. The van der Waals surface area contributed by atoms with Crippen LogP contribution in [-0.4, -0.2) is 23.5 Å². The van der Waals surface area contributed by atoms with Gasteiger partial charge in [0.15, 0.2) is 0 Å². The van der Waals surface area contributed by atoms with E-state index in [0.29, 0.717) is 22.4 Å². The number of carbonyl (C=O) groups excluding carboxylic acids is 1.